The molecule has 0 bridgehead atoms. The number of phenolic OH excluding ortho intramolecular Hbond substituents is 2. The van der Waals surface area contributed by atoms with Gasteiger partial charge in [0.2, 0.25) is 0 Å². The van der Waals surface area contributed by atoms with Crippen LogP contribution < -0.4 is 0 Å². The van der Waals surface area contributed by atoms with Crippen LogP contribution in [0.2, 0.25) is 0 Å². The molecule has 1 radical (unpaired) electrons. The molecule has 0 saturated carbocycles. The molecule has 0 aliphatic heterocycles. The van der Waals surface area contributed by atoms with E-state index in [0.29, 0.717) is 0 Å². The van der Waals surface area contributed by atoms with Crippen molar-refractivity contribution in [3.05, 3.63) is 224 Å². The van der Waals surface area contributed by atoms with Gasteiger partial charge in [0.1, 0.15) is 21.5 Å². The van der Waals surface area contributed by atoms with Crippen LogP contribution in [-0.4, -0.2) is 36.1 Å². The number of aliphatic hydroxyl groups excluding tert-OH is 1. The SMILES string of the molecule is CC(=O)C=C(C)O.Oc1ccc(-c2ccccc2)cc1-c1nc2ccccc2s1.Oc1ccc(-c2ccccc2)cc1-c1nc2ccccc2s1.[Ir].[Zn].[c-]1ccccc1-c1nccc2ccccc12. The van der Waals surface area contributed by atoms with E-state index in [1.54, 1.807) is 34.8 Å². The number of thiazole rings is 2. The van der Waals surface area contributed by atoms with Crippen molar-refractivity contribution in [2.24, 2.45) is 0 Å². The first-order valence-electron chi connectivity index (χ1n) is 21.4. The summed E-state index contributed by atoms with van der Waals surface area (Å²) in [5, 5.41) is 32.9. The van der Waals surface area contributed by atoms with Crippen molar-refractivity contribution < 1.29 is 59.7 Å². The molecule has 3 aromatic heterocycles. The number of phenols is 2. The van der Waals surface area contributed by atoms with Crippen LogP contribution in [0.15, 0.2) is 218 Å². The summed E-state index contributed by atoms with van der Waals surface area (Å²) in [6.45, 7) is 2.85. The molecule has 8 aromatic carbocycles. The van der Waals surface area contributed by atoms with Crippen molar-refractivity contribution in [3.63, 3.8) is 0 Å². The van der Waals surface area contributed by atoms with Crippen LogP contribution in [0.25, 0.3) is 85.9 Å². The second-order valence-corrected chi connectivity index (χ2v) is 17.3. The van der Waals surface area contributed by atoms with Crippen LogP contribution in [0.3, 0.4) is 0 Å². The molecule has 0 spiro atoms. The van der Waals surface area contributed by atoms with Gasteiger partial charge in [-0.05, 0) is 107 Å². The number of allylic oxidation sites excluding steroid dienone is 2. The molecule has 3 heterocycles. The monoisotopic (exact) mass is 1170 g/mol. The van der Waals surface area contributed by atoms with Crippen LogP contribution in [0.4, 0.5) is 0 Å². The molecule has 339 valence electrons. The first kappa shape index (κ1) is 51.4. The van der Waals surface area contributed by atoms with Gasteiger partial charge in [-0.25, -0.2) is 9.97 Å². The second-order valence-electron chi connectivity index (χ2n) is 15.2. The second kappa shape index (κ2) is 24.9. The van der Waals surface area contributed by atoms with Gasteiger partial charge in [0, 0.05) is 51.9 Å². The number of fused-ring (bicyclic) bond motifs is 3. The smallest absolute Gasteiger partial charge is 0.155 e. The van der Waals surface area contributed by atoms with Crippen LogP contribution in [0.5, 0.6) is 11.5 Å². The van der Waals surface area contributed by atoms with Gasteiger partial charge >= 0.3 is 0 Å². The molecule has 0 aliphatic carbocycles. The van der Waals surface area contributed by atoms with Crippen molar-refractivity contribution in [3.8, 4) is 66.2 Å². The number of hydrogen-bond acceptors (Lipinski definition) is 9. The number of rotatable bonds is 6. The normalized spacial score (nSPS) is 10.6. The maximum atomic E-state index is 10.2. The number of para-hydroxylation sites is 2. The van der Waals surface area contributed by atoms with E-state index in [2.05, 4.69) is 69.5 Å². The Bertz CT molecular complexity index is 3220. The van der Waals surface area contributed by atoms with E-state index < -0.39 is 0 Å². The first-order chi connectivity index (χ1) is 32.7. The largest absolute Gasteiger partial charge is 0.512 e. The van der Waals surface area contributed by atoms with E-state index in [4.69, 9.17) is 5.11 Å². The number of pyridine rings is 1. The molecule has 0 aliphatic rings. The van der Waals surface area contributed by atoms with Gasteiger partial charge in [-0.2, -0.15) is 0 Å². The number of carbonyl (C=O) groups excluding carboxylic acids is 1. The van der Waals surface area contributed by atoms with E-state index in [1.165, 1.54) is 30.7 Å². The number of nitrogens with zero attached hydrogens (tertiary/aromatic N) is 3. The Morgan fingerprint density at radius 2 is 1.03 bits per heavy atom. The minimum Gasteiger partial charge on any atom is -0.512 e. The van der Waals surface area contributed by atoms with Gasteiger partial charge in [0.05, 0.1) is 37.3 Å². The molecule has 3 N–H and O–H groups in total. The minimum atomic E-state index is -0.125. The first-order valence-corrected chi connectivity index (χ1v) is 23.0. The zero-order chi connectivity index (χ0) is 46.5. The number of carbonyl (C=O) groups is 1. The summed E-state index contributed by atoms with van der Waals surface area (Å²) in [5.74, 6) is 0.463. The minimum absolute atomic E-state index is 0. The molecule has 0 amide bonds. The summed E-state index contributed by atoms with van der Waals surface area (Å²) in [4.78, 5) is 23.7. The molecule has 0 saturated heterocycles. The number of ketones is 1. The predicted molar refractivity (Wildman–Crippen MR) is 277 cm³/mol. The van der Waals surface area contributed by atoms with E-state index in [1.807, 2.05) is 146 Å². The molecular weight excluding hydrogens is 1120 g/mol. The molecular formula is C58H44IrN3O4S2Zn-. The standard InChI is InChI=1S/2C19H13NOS.C15H10N.C5H8O2.Ir.Zn/c2*21-17-11-10-14(13-6-2-1-3-7-13)12-15(17)19-20-16-8-4-5-9-18(16)22-19;1-2-7-13(8-3-1)15-14-9-5-4-6-12(14)10-11-16-15;1-4(6)3-5(2)7;;/h2*1-12,21H;1-7,9-11H;3,6H,1-2H3;;/q;;-1;;;. The fourth-order valence-corrected chi connectivity index (χ4v) is 9.16. The quantitative estimate of drug-likeness (QED) is 0.0657. The van der Waals surface area contributed by atoms with Gasteiger partial charge in [-0.3, -0.25) is 4.79 Å². The van der Waals surface area contributed by atoms with Gasteiger partial charge in [-0.1, -0.05) is 121 Å². The summed E-state index contributed by atoms with van der Waals surface area (Å²) in [7, 11) is 0. The van der Waals surface area contributed by atoms with Crippen molar-refractivity contribution in [1.29, 1.82) is 0 Å². The van der Waals surface area contributed by atoms with Crippen molar-refractivity contribution in [2.45, 2.75) is 13.8 Å². The van der Waals surface area contributed by atoms with Gasteiger partial charge < -0.3 is 20.3 Å². The van der Waals surface area contributed by atoms with Gasteiger partial charge in [0.25, 0.3) is 0 Å². The fraction of sp³-hybridized carbons (Fsp3) is 0.0345. The molecule has 11 aromatic rings. The Morgan fingerprint density at radius 1 is 0.551 bits per heavy atom. The maximum absolute atomic E-state index is 10.2. The summed E-state index contributed by atoms with van der Waals surface area (Å²) in [5.41, 5.74) is 9.94. The van der Waals surface area contributed by atoms with Gasteiger partial charge in [-0.15, -0.1) is 58.6 Å². The van der Waals surface area contributed by atoms with Crippen LogP contribution >= 0.6 is 22.7 Å². The molecule has 11 heteroatoms. The zero-order valence-electron chi connectivity index (χ0n) is 37.7. The third kappa shape index (κ3) is 13.4. The third-order valence-electron chi connectivity index (χ3n) is 10.3. The summed E-state index contributed by atoms with van der Waals surface area (Å²) >= 11 is 3.19. The maximum Gasteiger partial charge on any atom is 0.155 e. The number of aromatic hydroxyl groups is 2. The molecule has 7 nitrogen and oxygen atoms in total. The molecule has 0 atom stereocenters. The Balaban J connectivity index is 0.000000159. The third-order valence-corrected chi connectivity index (χ3v) is 12.4. The van der Waals surface area contributed by atoms with Gasteiger partial charge in [0.15, 0.2) is 5.78 Å². The average molecular weight is 1170 g/mol. The van der Waals surface area contributed by atoms with Crippen LogP contribution in [-0.2, 0) is 44.4 Å². The zero-order valence-corrected chi connectivity index (χ0v) is 44.7. The predicted octanol–water partition coefficient (Wildman–Crippen LogP) is 15.4. The van der Waals surface area contributed by atoms with Crippen LogP contribution in [0, 0.1) is 6.07 Å². The van der Waals surface area contributed by atoms with E-state index in [0.717, 1.165) is 75.1 Å². The number of benzene rings is 8. The number of hydrogen-bond donors (Lipinski definition) is 3. The Morgan fingerprint density at radius 3 is 1.49 bits per heavy atom. The molecule has 0 fully saturated rings. The number of aliphatic hydroxyl groups is 1. The van der Waals surface area contributed by atoms with Crippen molar-refractivity contribution in [1.82, 2.24) is 15.0 Å². The van der Waals surface area contributed by atoms with E-state index in [9.17, 15) is 15.0 Å². The van der Waals surface area contributed by atoms with E-state index >= 15 is 0 Å². The fourth-order valence-electron chi connectivity index (χ4n) is 7.18. The Kier molecular flexibility index (Phi) is 18.5. The summed E-state index contributed by atoms with van der Waals surface area (Å²) in [6.07, 6.45) is 3.01. The summed E-state index contributed by atoms with van der Waals surface area (Å²) < 4.78 is 2.25. The number of aromatic nitrogens is 3. The molecule has 0 unspecified atom stereocenters. The van der Waals surface area contributed by atoms with Crippen molar-refractivity contribution >= 4 is 59.7 Å². The summed E-state index contributed by atoms with van der Waals surface area (Å²) in [6, 6.07) is 69.2. The van der Waals surface area contributed by atoms with E-state index in [-0.39, 0.29) is 62.6 Å². The molecule has 11 rings (SSSR count). The topological polar surface area (TPSA) is 116 Å². The Hall–Kier alpha value is -6.97. The van der Waals surface area contributed by atoms with Crippen molar-refractivity contribution in [2.75, 3.05) is 0 Å². The average Bonchev–Trinajstić information content (AvgIpc) is 4.00. The molecule has 69 heavy (non-hydrogen) atoms. The Labute approximate surface area is 435 Å². The van der Waals surface area contributed by atoms with Crippen LogP contribution in [0.1, 0.15) is 13.8 Å².